The standard InChI is InChI=1S/C30H35FN4O4.ClH/c1-30(2,32)26(36)18-33-27(37)24(17-19-9-10-20-6-3-4-7-22(20)16-19)34-28(38)25-8-5-15-35(25)29(39)21-11-13-23(31)14-12-21;/h3-4,6-7,9-14,16,24-26,36H,5,8,15,17-18,32H2,1-2H3,(H,33,37)(H,34,38);1H/t24-,25?,26?;/m1./s1. The first-order chi connectivity index (χ1) is 18.5. The van der Waals surface area contributed by atoms with E-state index < -0.39 is 41.4 Å². The van der Waals surface area contributed by atoms with Crippen LogP contribution in [0.2, 0.25) is 0 Å². The SMILES string of the molecule is CC(C)(N)C(O)CNC(=O)[C@@H](Cc1ccc2ccccc2c1)NC(=O)C1CCCN1C(=O)c1ccc(F)cc1.Cl. The van der Waals surface area contributed by atoms with Gasteiger partial charge in [0.15, 0.2) is 0 Å². The van der Waals surface area contributed by atoms with E-state index in [4.69, 9.17) is 5.73 Å². The molecule has 1 saturated heterocycles. The van der Waals surface area contributed by atoms with E-state index >= 15 is 0 Å². The van der Waals surface area contributed by atoms with Gasteiger partial charge in [0.2, 0.25) is 11.8 Å². The summed E-state index contributed by atoms with van der Waals surface area (Å²) < 4.78 is 13.3. The molecule has 1 aliphatic rings. The number of fused-ring (bicyclic) bond motifs is 1. The molecule has 8 nitrogen and oxygen atoms in total. The van der Waals surface area contributed by atoms with E-state index in [9.17, 15) is 23.9 Å². The number of hydrogen-bond donors (Lipinski definition) is 4. The summed E-state index contributed by atoms with van der Waals surface area (Å²) in [4.78, 5) is 41.3. The fourth-order valence-corrected chi connectivity index (χ4v) is 4.70. The van der Waals surface area contributed by atoms with Crippen LogP contribution in [-0.4, -0.2) is 64.5 Å². The monoisotopic (exact) mass is 570 g/mol. The largest absolute Gasteiger partial charge is 0.389 e. The van der Waals surface area contributed by atoms with Crippen LogP contribution in [0.4, 0.5) is 4.39 Å². The minimum absolute atomic E-state index is 0. The van der Waals surface area contributed by atoms with E-state index in [0.29, 0.717) is 24.9 Å². The summed E-state index contributed by atoms with van der Waals surface area (Å²) in [5.41, 5.74) is 6.17. The average molecular weight is 571 g/mol. The smallest absolute Gasteiger partial charge is 0.254 e. The van der Waals surface area contributed by atoms with Gasteiger partial charge in [-0.3, -0.25) is 14.4 Å². The van der Waals surface area contributed by atoms with Gasteiger partial charge in [-0.25, -0.2) is 4.39 Å². The summed E-state index contributed by atoms with van der Waals surface area (Å²) in [6, 6.07) is 17.2. The summed E-state index contributed by atoms with van der Waals surface area (Å²) in [5, 5.41) is 17.9. The van der Waals surface area contributed by atoms with E-state index in [-0.39, 0.29) is 31.3 Å². The van der Waals surface area contributed by atoms with Crippen molar-refractivity contribution in [1.82, 2.24) is 15.5 Å². The number of rotatable bonds is 9. The normalized spacial score (nSPS) is 16.6. The van der Waals surface area contributed by atoms with Crippen LogP contribution >= 0.6 is 12.4 Å². The molecular formula is C30H36ClFN4O4. The van der Waals surface area contributed by atoms with Crippen molar-refractivity contribution < 1.29 is 23.9 Å². The third-order valence-electron chi connectivity index (χ3n) is 7.12. The quantitative estimate of drug-likeness (QED) is 0.315. The van der Waals surface area contributed by atoms with Gasteiger partial charge in [-0.2, -0.15) is 0 Å². The fraction of sp³-hybridized carbons (Fsp3) is 0.367. The number of halogens is 2. The number of carbonyl (C=O) groups excluding carboxylic acids is 3. The molecule has 1 heterocycles. The summed E-state index contributed by atoms with van der Waals surface area (Å²) in [6.07, 6.45) is 0.300. The minimum atomic E-state index is -0.989. The van der Waals surface area contributed by atoms with Gasteiger partial charge in [0, 0.05) is 30.6 Å². The molecule has 3 aromatic carbocycles. The molecule has 214 valence electrons. The maximum atomic E-state index is 13.4. The molecule has 0 bridgehead atoms. The predicted octanol–water partition coefficient (Wildman–Crippen LogP) is 2.95. The van der Waals surface area contributed by atoms with Crippen molar-refractivity contribution in [3.05, 3.63) is 83.7 Å². The molecule has 0 spiro atoms. The second-order valence-corrected chi connectivity index (χ2v) is 10.7. The van der Waals surface area contributed by atoms with E-state index in [2.05, 4.69) is 10.6 Å². The van der Waals surface area contributed by atoms with Crippen LogP contribution in [0.25, 0.3) is 10.8 Å². The second kappa shape index (κ2) is 13.2. The first kappa shape index (κ1) is 31.0. The lowest BCUT2D eigenvalue weighted by Gasteiger charge is -2.28. The van der Waals surface area contributed by atoms with Crippen molar-refractivity contribution in [3.63, 3.8) is 0 Å². The zero-order chi connectivity index (χ0) is 28.2. The lowest BCUT2D eigenvalue weighted by atomic mass is 9.98. The topological polar surface area (TPSA) is 125 Å². The predicted molar refractivity (Wildman–Crippen MR) is 155 cm³/mol. The first-order valence-electron chi connectivity index (χ1n) is 13.1. The van der Waals surface area contributed by atoms with Crippen molar-refractivity contribution in [2.45, 2.75) is 56.8 Å². The van der Waals surface area contributed by atoms with Crippen LogP contribution in [0.15, 0.2) is 66.7 Å². The molecule has 3 amide bonds. The number of nitrogens with zero attached hydrogens (tertiary/aromatic N) is 1. The van der Waals surface area contributed by atoms with Gasteiger partial charge in [0.25, 0.3) is 5.91 Å². The lowest BCUT2D eigenvalue weighted by molar-refractivity contribution is -0.131. The molecule has 3 atom stereocenters. The number of benzene rings is 3. The van der Waals surface area contributed by atoms with Gasteiger partial charge in [-0.15, -0.1) is 12.4 Å². The first-order valence-corrected chi connectivity index (χ1v) is 13.1. The molecule has 3 aromatic rings. The summed E-state index contributed by atoms with van der Waals surface area (Å²) in [7, 11) is 0. The van der Waals surface area contributed by atoms with E-state index in [1.165, 1.54) is 29.2 Å². The molecule has 2 unspecified atom stereocenters. The van der Waals surface area contributed by atoms with Crippen molar-refractivity contribution in [2.75, 3.05) is 13.1 Å². The Balaban J connectivity index is 0.00000441. The zero-order valence-electron chi connectivity index (χ0n) is 22.6. The Labute approximate surface area is 239 Å². The van der Waals surface area contributed by atoms with Crippen molar-refractivity contribution in [2.24, 2.45) is 5.73 Å². The highest BCUT2D eigenvalue weighted by Gasteiger charge is 2.36. The molecule has 1 aliphatic heterocycles. The Bertz CT molecular complexity index is 1350. The molecule has 0 aromatic heterocycles. The Hall–Kier alpha value is -3.53. The van der Waals surface area contributed by atoms with E-state index in [1.807, 2.05) is 42.5 Å². The van der Waals surface area contributed by atoms with Gasteiger partial charge >= 0.3 is 0 Å². The van der Waals surface area contributed by atoms with Gasteiger partial charge in [0.1, 0.15) is 17.9 Å². The summed E-state index contributed by atoms with van der Waals surface area (Å²) in [5.74, 6) is -1.72. The third kappa shape index (κ3) is 7.56. The summed E-state index contributed by atoms with van der Waals surface area (Å²) >= 11 is 0. The highest BCUT2D eigenvalue weighted by Crippen LogP contribution is 2.22. The van der Waals surface area contributed by atoms with Crippen molar-refractivity contribution >= 4 is 40.9 Å². The highest BCUT2D eigenvalue weighted by atomic mass is 35.5. The van der Waals surface area contributed by atoms with E-state index in [0.717, 1.165) is 16.3 Å². The molecule has 0 aliphatic carbocycles. The van der Waals surface area contributed by atoms with Crippen LogP contribution in [0.1, 0.15) is 42.6 Å². The van der Waals surface area contributed by atoms with Crippen LogP contribution in [-0.2, 0) is 16.0 Å². The maximum absolute atomic E-state index is 13.4. The summed E-state index contributed by atoms with van der Waals surface area (Å²) in [6.45, 7) is 3.62. The third-order valence-corrected chi connectivity index (χ3v) is 7.12. The average Bonchev–Trinajstić information content (AvgIpc) is 3.41. The fourth-order valence-electron chi connectivity index (χ4n) is 4.70. The number of nitrogens with two attached hydrogens (primary N) is 1. The second-order valence-electron chi connectivity index (χ2n) is 10.7. The molecule has 0 saturated carbocycles. The van der Waals surface area contributed by atoms with Crippen LogP contribution in [0.5, 0.6) is 0 Å². The molecular weight excluding hydrogens is 535 g/mol. The Kier molecular flexibility index (Phi) is 10.2. The number of amides is 3. The number of carbonyl (C=O) groups is 3. The van der Waals surface area contributed by atoms with Gasteiger partial charge < -0.3 is 26.4 Å². The number of nitrogens with one attached hydrogen (secondary N) is 2. The molecule has 4 rings (SSSR count). The molecule has 0 radical (unpaired) electrons. The molecule has 10 heteroatoms. The van der Waals surface area contributed by atoms with Crippen LogP contribution < -0.4 is 16.4 Å². The zero-order valence-corrected chi connectivity index (χ0v) is 23.4. The minimum Gasteiger partial charge on any atom is -0.389 e. The van der Waals surface area contributed by atoms with Gasteiger partial charge in [-0.05, 0) is 67.3 Å². The Morgan fingerprint density at radius 3 is 2.42 bits per heavy atom. The maximum Gasteiger partial charge on any atom is 0.254 e. The Morgan fingerprint density at radius 2 is 1.75 bits per heavy atom. The molecule has 40 heavy (non-hydrogen) atoms. The van der Waals surface area contributed by atoms with Crippen LogP contribution in [0, 0.1) is 5.82 Å². The van der Waals surface area contributed by atoms with Gasteiger partial charge in [-0.1, -0.05) is 42.5 Å². The van der Waals surface area contributed by atoms with Gasteiger partial charge in [0.05, 0.1) is 6.10 Å². The lowest BCUT2D eigenvalue weighted by Crippen LogP contribution is -2.56. The number of likely N-dealkylation sites (tertiary alicyclic amines) is 1. The number of hydrogen-bond acceptors (Lipinski definition) is 5. The number of aliphatic hydroxyl groups is 1. The molecule has 5 N–H and O–H groups in total. The van der Waals surface area contributed by atoms with Crippen molar-refractivity contribution in [1.29, 1.82) is 0 Å². The van der Waals surface area contributed by atoms with Crippen LogP contribution in [0.3, 0.4) is 0 Å². The van der Waals surface area contributed by atoms with Crippen molar-refractivity contribution in [3.8, 4) is 0 Å². The molecule has 1 fully saturated rings. The highest BCUT2D eigenvalue weighted by molar-refractivity contribution is 5.99. The number of aliphatic hydroxyl groups excluding tert-OH is 1. The van der Waals surface area contributed by atoms with E-state index in [1.54, 1.807) is 13.8 Å². The Morgan fingerprint density at radius 1 is 1.07 bits per heavy atom.